The number of carbonyl (C=O) groups is 2. The maximum Gasteiger partial charge on any atom is 0.264 e. The van der Waals surface area contributed by atoms with Crippen molar-refractivity contribution in [3.05, 3.63) is 40.2 Å². The number of rotatable bonds is 4. The Balaban J connectivity index is 1.62. The van der Waals surface area contributed by atoms with Crippen molar-refractivity contribution < 1.29 is 14.3 Å². The van der Waals surface area contributed by atoms with Gasteiger partial charge in [0, 0.05) is 30.7 Å². The maximum absolute atomic E-state index is 12.6. The Morgan fingerprint density at radius 1 is 1.40 bits per heavy atom. The van der Waals surface area contributed by atoms with Crippen LogP contribution >= 0.6 is 11.3 Å². The highest BCUT2D eigenvalue weighted by molar-refractivity contribution is 7.12. The van der Waals surface area contributed by atoms with Gasteiger partial charge in [-0.3, -0.25) is 9.59 Å². The number of piperidine rings is 1. The minimum absolute atomic E-state index is 0.0424. The molecule has 0 bridgehead atoms. The summed E-state index contributed by atoms with van der Waals surface area (Å²) in [4.78, 5) is 31.7. The minimum atomic E-state index is -0.220. The number of ether oxygens (including phenoxy) is 1. The lowest BCUT2D eigenvalue weighted by Gasteiger charge is -2.31. The van der Waals surface area contributed by atoms with Gasteiger partial charge in [0.25, 0.3) is 5.91 Å². The minimum Gasteiger partial charge on any atom is -0.496 e. The van der Waals surface area contributed by atoms with Crippen LogP contribution in [-0.2, 0) is 4.79 Å². The number of anilines is 1. The Morgan fingerprint density at radius 2 is 2.24 bits per heavy atom. The number of hydrogen-bond acceptors (Lipinski definition) is 5. The number of aryl methyl sites for hydroxylation is 1. The summed E-state index contributed by atoms with van der Waals surface area (Å²) in [7, 11) is 1.58. The van der Waals surface area contributed by atoms with E-state index in [-0.39, 0.29) is 17.7 Å². The van der Waals surface area contributed by atoms with Crippen LogP contribution in [0.25, 0.3) is 0 Å². The Kier molecular flexibility index (Phi) is 5.33. The fourth-order valence-electron chi connectivity index (χ4n) is 2.84. The summed E-state index contributed by atoms with van der Waals surface area (Å²) >= 11 is 1.36. The van der Waals surface area contributed by atoms with Gasteiger partial charge in [-0.2, -0.15) is 0 Å². The van der Waals surface area contributed by atoms with E-state index in [2.05, 4.69) is 10.3 Å². The fraction of sp³-hybridized carbons (Fsp3) is 0.389. The van der Waals surface area contributed by atoms with Gasteiger partial charge >= 0.3 is 0 Å². The SMILES string of the molecule is COc1csc(C(=O)N2CCCC(C(=O)Nc3ccc(C)cn3)C2)c1. The second kappa shape index (κ2) is 7.65. The van der Waals surface area contributed by atoms with Crippen molar-refractivity contribution in [1.29, 1.82) is 0 Å². The first kappa shape index (κ1) is 17.4. The first-order valence-corrected chi connectivity index (χ1v) is 9.10. The van der Waals surface area contributed by atoms with E-state index in [0.29, 0.717) is 29.5 Å². The van der Waals surface area contributed by atoms with Crippen LogP contribution < -0.4 is 10.1 Å². The molecule has 132 valence electrons. The standard InChI is InChI=1S/C18H21N3O3S/c1-12-5-6-16(19-9-12)20-17(22)13-4-3-7-21(10-13)18(23)15-8-14(24-2)11-25-15/h5-6,8-9,11,13H,3-4,7,10H2,1-2H3,(H,19,20,22). The van der Waals surface area contributed by atoms with E-state index < -0.39 is 0 Å². The second-order valence-electron chi connectivity index (χ2n) is 6.15. The molecule has 0 radical (unpaired) electrons. The summed E-state index contributed by atoms with van der Waals surface area (Å²) in [6.45, 7) is 3.05. The van der Waals surface area contributed by atoms with Crippen molar-refractivity contribution in [2.24, 2.45) is 5.92 Å². The number of hydrogen-bond donors (Lipinski definition) is 1. The molecule has 25 heavy (non-hydrogen) atoms. The molecule has 2 amide bonds. The van der Waals surface area contributed by atoms with Crippen molar-refractivity contribution in [2.45, 2.75) is 19.8 Å². The summed E-state index contributed by atoms with van der Waals surface area (Å²) in [5, 5.41) is 4.66. The van der Waals surface area contributed by atoms with Crippen LogP contribution in [0, 0.1) is 12.8 Å². The molecule has 1 aliphatic heterocycles. The van der Waals surface area contributed by atoms with E-state index in [0.717, 1.165) is 18.4 Å². The molecule has 0 aromatic carbocycles. The van der Waals surface area contributed by atoms with Crippen LogP contribution in [0.15, 0.2) is 29.8 Å². The van der Waals surface area contributed by atoms with E-state index in [1.54, 1.807) is 30.3 Å². The van der Waals surface area contributed by atoms with Gasteiger partial charge in [0.1, 0.15) is 11.6 Å². The largest absolute Gasteiger partial charge is 0.496 e. The molecule has 3 heterocycles. The number of aromatic nitrogens is 1. The van der Waals surface area contributed by atoms with Crippen LogP contribution in [-0.4, -0.2) is 41.9 Å². The van der Waals surface area contributed by atoms with Crippen molar-refractivity contribution in [3.63, 3.8) is 0 Å². The number of pyridine rings is 1. The topological polar surface area (TPSA) is 71.5 Å². The Morgan fingerprint density at radius 3 is 2.92 bits per heavy atom. The average Bonchev–Trinajstić information content (AvgIpc) is 3.12. The third-order valence-electron chi connectivity index (χ3n) is 4.26. The molecule has 1 aliphatic rings. The molecule has 0 saturated carbocycles. The van der Waals surface area contributed by atoms with Gasteiger partial charge in [-0.15, -0.1) is 11.3 Å². The maximum atomic E-state index is 12.6. The van der Waals surface area contributed by atoms with Gasteiger partial charge in [-0.25, -0.2) is 4.98 Å². The van der Waals surface area contributed by atoms with Crippen molar-refractivity contribution >= 4 is 29.0 Å². The van der Waals surface area contributed by atoms with Gasteiger partial charge < -0.3 is 15.0 Å². The van der Waals surface area contributed by atoms with E-state index in [1.165, 1.54) is 11.3 Å². The number of likely N-dealkylation sites (tertiary alicyclic amines) is 1. The van der Waals surface area contributed by atoms with Crippen molar-refractivity contribution in [3.8, 4) is 5.75 Å². The van der Waals surface area contributed by atoms with Crippen LogP contribution in [0.1, 0.15) is 28.1 Å². The molecule has 6 nitrogen and oxygen atoms in total. The first-order chi connectivity index (χ1) is 12.1. The van der Waals surface area contributed by atoms with E-state index in [9.17, 15) is 9.59 Å². The van der Waals surface area contributed by atoms with E-state index in [1.807, 2.05) is 18.4 Å². The molecule has 1 N–H and O–H groups in total. The lowest BCUT2D eigenvalue weighted by atomic mass is 9.97. The molecular formula is C18H21N3O3S. The average molecular weight is 359 g/mol. The molecule has 0 spiro atoms. The molecular weight excluding hydrogens is 338 g/mol. The fourth-order valence-corrected chi connectivity index (χ4v) is 3.66. The third-order valence-corrected chi connectivity index (χ3v) is 5.16. The zero-order valence-electron chi connectivity index (χ0n) is 14.3. The highest BCUT2D eigenvalue weighted by Crippen LogP contribution is 2.25. The highest BCUT2D eigenvalue weighted by atomic mass is 32.1. The number of thiophene rings is 1. The first-order valence-electron chi connectivity index (χ1n) is 8.22. The predicted molar refractivity (Wildman–Crippen MR) is 97.1 cm³/mol. The molecule has 1 atom stereocenters. The normalized spacial score (nSPS) is 17.2. The van der Waals surface area contributed by atoms with Crippen LogP contribution in [0.2, 0.25) is 0 Å². The van der Waals surface area contributed by atoms with E-state index in [4.69, 9.17) is 4.74 Å². The highest BCUT2D eigenvalue weighted by Gasteiger charge is 2.29. The monoisotopic (exact) mass is 359 g/mol. The summed E-state index contributed by atoms with van der Waals surface area (Å²) in [5.41, 5.74) is 1.04. The van der Waals surface area contributed by atoms with Crippen LogP contribution in [0.3, 0.4) is 0 Å². The molecule has 2 aromatic heterocycles. The predicted octanol–water partition coefficient (Wildman–Crippen LogP) is 2.95. The van der Waals surface area contributed by atoms with Crippen molar-refractivity contribution in [2.75, 3.05) is 25.5 Å². The number of amides is 2. The zero-order chi connectivity index (χ0) is 17.8. The molecule has 3 rings (SSSR count). The summed E-state index contributed by atoms with van der Waals surface area (Å²) in [5.74, 6) is 0.881. The molecule has 1 saturated heterocycles. The molecule has 1 fully saturated rings. The van der Waals surface area contributed by atoms with Crippen LogP contribution in [0.5, 0.6) is 5.75 Å². The Bertz CT molecular complexity index is 757. The number of nitrogens with zero attached hydrogens (tertiary/aromatic N) is 2. The smallest absolute Gasteiger partial charge is 0.264 e. The van der Waals surface area contributed by atoms with Gasteiger partial charge in [0.05, 0.1) is 17.9 Å². The van der Waals surface area contributed by atoms with Gasteiger partial charge in [-0.1, -0.05) is 6.07 Å². The van der Waals surface area contributed by atoms with Gasteiger partial charge in [0.2, 0.25) is 5.91 Å². The van der Waals surface area contributed by atoms with Gasteiger partial charge in [-0.05, 0) is 31.4 Å². The third kappa shape index (κ3) is 4.17. The lowest BCUT2D eigenvalue weighted by Crippen LogP contribution is -2.43. The summed E-state index contributed by atoms with van der Waals surface area (Å²) < 4.78 is 5.14. The lowest BCUT2D eigenvalue weighted by molar-refractivity contribution is -0.121. The van der Waals surface area contributed by atoms with Crippen LogP contribution in [0.4, 0.5) is 5.82 Å². The summed E-state index contributed by atoms with van der Waals surface area (Å²) in [6.07, 6.45) is 3.30. The number of carbonyl (C=O) groups excluding carboxylic acids is 2. The summed E-state index contributed by atoms with van der Waals surface area (Å²) in [6, 6.07) is 5.44. The Labute approximate surface area is 150 Å². The quantitative estimate of drug-likeness (QED) is 0.911. The second-order valence-corrected chi connectivity index (χ2v) is 7.06. The Hall–Kier alpha value is -2.41. The number of nitrogens with one attached hydrogen (secondary N) is 1. The molecule has 7 heteroatoms. The molecule has 2 aromatic rings. The number of methoxy groups -OCH3 is 1. The zero-order valence-corrected chi connectivity index (χ0v) is 15.1. The van der Waals surface area contributed by atoms with Gasteiger partial charge in [0.15, 0.2) is 0 Å². The molecule has 1 unspecified atom stereocenters. The molecule has 0 aliphatic carbocycles. The van der Waals surface area contributed by atoms with Crippen molar-refractivity contribution in [1.82, 2.24) is 9.88 Å². The van der Waals surface area contributed by atoms with E-state index >= 15 is 0 Å².